The maximum Gasteiger partial charge on any atom is 0.391 e. The van der Waals surface area contributed by atoms with Crippen LogP contribution in [0.1, 0.15) is 23.7 Å². The second-order valence-electron chi connectivity index (χ2n) is 4.06. The molecule has 0 bridgehead atoms. The second-order valence-corrected chi connectivity index (χ2v) is 4.84. The minimum Gasteiger partial charge on any atom is -0.397 e. The van der Waals surface area contributed by atoms with Gasteiger partial charge in [-0.15, -0.1) is 0 Å². The van der Waals surface area contributed by atoms with E-state index in [2.05, 4.69) is 5.32 Å². The number of carbonyl (C=O) groups is 1. The standard InChI is InChI=1S/C11H11Cl2F3N2O/c1-5(4-11(14,15)16)18-10(19)6-2-7(12)9(13)8(17)3-6/h2-3,5H,4,17H2,1H3,(H,18,19). The van der Waals surface area contributed by atoms with Crippen LogP contribution in [0.2, 0.25) is 10.0 Å². The van der Waals surface area contributed by atoms with Crippen LogP contribution < -0.4 is 11.1 Å². The van der Waals surface area contributed by atoms with Crippen molar-refractivity contribution in [2.24, 2.45) is 0 Å². The van der Waals surface area contributed by atoms with Gasteiger partial charge in [0.15, 0.2) is 0 Å². The Balaban J connectivity index is 2.79. The lowest BCUT2D eigenvalue weighted by molar-refractivity contribution is -0.138. The van der Waals surface area contributed by atoms with Gasteiger partial charge in [-0.2, -0.15) is 13.2 Å². The third-order valence-corrected chi connectivity index (χ3v) is 3.05. The summed E-state index contributed by atoms with van der Waals surface area (Å²) in [4.78, 5) is 11.7. The molecule has 1 amide bonds. The van der Waals surface area contributed by atoms with Gasteiger partial charge in [0, 0.05) is 11.6 Å². The Hall–Kier alpha value is -1.14. The molecule has 106 valence electrons. The van der Waals surface area contributed by atoms with Crippen LogP contribution in [0.15, 0.2) is 12.1 Å². The lowest BCUT2D eigenvalue weighted by atomic mass is 10.1. The fourth-order valence-electron chi connectivity index (χ4n) is 1.45. The molecule has 0 spiro atoms. The monoisotopic (exact) mass is 314 g/mol. The summed E-state index contributed by atoms with van der Waals surface area (Å²) < 4.78 is 36.4. The molecule has 19 heavy (non-hydrogen) atoms. The minimum atomic E-state index is -4.34. The molecule has 1 aromatic rings. The lowest BCUT2D eigenvalue weighted by Crippen LogP contribution is -2.36. The van der Waals surface area contributed by atoms with E-state index in [0.29, 0.717) is 0 Å². The maximum atomic E-state index is 12.1. The van der Waals surface area contributed by atoms with Crippen molar-refractivity contribution in [3.8, 4) is 0 Å². The average Bonchev–Trinajstić information content (AvgIpc) is 2.22. The van der Waals surface area contributed by atoms with E-state index in [1.165, 1.54) is 19.1 Å². The van der Waals surface area contributed by atoms with Crippen molar-refractivity contribution in [3.63, 3.8) is 0 Å². The number of halogens is 5. The van der Waals surface area contributed by atoms with E-state index in [1.54, 1.807) is 0 Å². The summed E-state index contributed by atoms with van der Waals surface area (Å²) in [6.07, 6.45) is -5.46. The predicted molar refractivity (Wildman–Crippen MR) is 68.5 cm³/mol. The molecular weight excluding hydrogens is 304 g/mol. The number of nitrogens with two attached hydrogens (primary N) is 1. The number of benzene rings is 1. The van der Waals surface area contributed by atoms with E-state index in [0.717, 1.165) is 0 Å². The van der Waals surface area contributed by atoms with E-state index in [9.17, 15) is 18.0 Å². The highest BCUT2D eigenvalue weighted by Crippen LogP contribution is 2.29. The van der Waals surface area contributed by atoms with Gasteiger partial charge in [0.2, 0.25) is 0 Å². The number of rotatable bonds is 3. The molecule has 1 rings (SSSR count). The van der Waals surface area contributed by atoms with Crippen molar-refractivity contribution >= 4 is 34.8 Å². The molecular formula is C11H11Cl2F3N2O. The SMILES string of the molecule is CC(CC(F)(F)F)NC(=O)c1cc(N)c(Cl)c(Cl)c1. The third-order valence-electron chi connectivity index (χ3n) is 2.23. The molecule has 0 radical (unpaired) electrons. The molecule has 3 nitrogen and oxygen atoms in total. The van der Waals surface area contributed by atoms with Gasteiger partial charge >= 0.3 is 6.18 Å². The van der Waals surface area contributed by atoms with Crippen molar-refractivity contribution in [1.82, 2.24) is 5.32 Å². The van der Waals surface area contributed by atoms with E-state index in [-0.39, 0.29) is 21.3 Å². The van der Waals surface area contributed by atoms with Crippen LogP contribution in [0.25, 0.3) is 0 Å². The normalized spacial score (nSPS) is 13.2. The molecule has 8 heteroatoms. The Labute approximate surface area is 117 Å². The molecule has 0 aliphatic rings. The van der Waals surface area contributed by atoms with Crippen LogP contribution >= 0.6 is 23.2 Å². The highest BCUT2D eigenvalue weighted by Gasteiger charge is 2.30. The molecule has 0 aliphatic heterocycles. The van der Waals surface area contributed by atoms with Crippen molar-refractivity contribution in [1.29, 1.82) is 0 Å². The summed E-state index contributed by atoms with van der Waals surface area (Å²) >= 11 is 11.4. The zero-order chi connectivity index (χ0) is 14.8. The molecule has 3 N–H and O–H groups in total. The first-order valence-electron chi connectivity index (χ1n) is 5.22. The number of anilines is 1. The van der Waals surface area contributed by atoms with Crippen molar-refractivity contribution < 1.29 is 18.0 Å². The van der Waals surface area contributed by atoms with Gasteiger partial charge in [0.25, 0.3) is 5.91 Å². The number of nitrogen functional groups attached to an aromatic ring is 1. The van der Waals surface area contributed by atoms with Gasteiger partial charge in [-0.3, -0.25) is 4.79 Å². The zero-order valence-electron chi connectivity index (χ0n) is 9.81. The molecule has 0 aromatic heterocycles. The maximum absolute atomic E-state index is 12.1. The third kappa shape index (κ3) is 4.80. The lowest BCUT2D eigenvalue weighted by Gasteiger charge is -2.16. The Morgan fingerprint density at radius 2 is 2.00 bits per heavy atom. The summed E-state index contributed by atoms with van der Waals surface area (Å²) in [5, 5.41) is 2.37. The fourth-order valence-corrected chi connectivity index (χ4v) is 1.78. The molecule has 1 aromatic carbocycles. The molecule has 1 unspecified atom stereocenters. The number of hydrogen-bond acceptors (Lipinski definition) is 2. The summed E-state index contributed by atoms with van der Waals surface area (Å²) in [5.74, 6) is -0.693. The van der Waals surface area contributed by atoms with Gasteiger partial charge in [-0.25, -0.2) is 0 Å². The van der Waals surface area contributed by atoms with Crippen LogP contribution in [0.5, 0.6) is 0 Å². The van der Waals surface area contributed by atoms with Crippen molar-refractivity contribution in [3.05, 3.63) is 27.7 Å². The smallest absolute Gasteiger partial charge is 0.391 e. The fraction of sp³-hybridized carbons (Fsp3) is 0.364. The average molecular weight is 315 g/mol. The van der Waals surface area contributed by atoms with Crippen LogP contribution in [-0.2, 0) is 0 Å². The topological polar surface area (TPSA) is 55.1 Å². The first-order chi connectivity index (χ1) is 8.60. The van der Waals surface area contributed by atoms with E-state index >= 15 is 0 Å². The molecule has 0 saturated heterocycles. The predicted octanol–water partition coefficient (Wildman–Crippen LogP) is 3.65. The van der Waals surface area contributed by atoms with Gasteiger partial charge < -0.3 is 11.1 Å². The van der Waals surface area contributed by atoms with Gasteiger partial charge in [-0.1, -0.05) is 23.2 Å². The summed E-state index contributed by atoms with van der Waals surface area (Å²) in [6.45, 7) is 1.26. The summed E-state index contributed by atoms with van der Waals surface area (Å²) in [7, 11) is 0. The minimum absolute atomic E-state index is 0.0564. The Morgan fingerprint density at radius 3 is 2.47 bits per heavy atom. The van der Waals surface area contributed by atoms with Crippen molar-refractivity contribution in [2.45, 2.75) is 25.6 Å². The molecule has 0 heterocycles. The van der Waals surface area contributed by atoms with E-state index in [1.807, 2.05) is 0 Å². The second kappa shape index (κ2) is 5.88. The number of nitrogens with one attached hydrogen (secondary N) is 1. The summed E-state index contributed by atoms with van der Waals surface area (Å²) in [5.41, 5.74) is 5.66. The van der Waals surface area contributed by atoms with Crippen LogP contribution in [0.3, 0.4) is 0 Å². The zero-order valence-corrected chi connectivity index (χ0v) is 11.3. The Kier molecular flexibility index (Phi) is 4.92. The largest absolute Gasteiger partial charge is 0.397 e. The van der Waals surface area contributed by atoms with E-state index in [4.69, 9.17) is 28.9 Å². The number of hydrogen-bond donors (Lipinski definition) is 2. The van der Waals surface area contributed by atoms with Crippen molar-refractivity contribution in [2.75, 3.05) is 5.73 Å². The van der Waals surface area contributed by atoms with Gasteiger partial charge in [0.05, 0.1) is 22.2 Å². The van der Waals surface area contributed by atoms with Crippen LogP contribution in [-0.4, -0.2) is 18.1 Å². The number of alkyl halides is 3. The van der Waals surface area contributed by atoms with Crippen LogP contribution in [0, 0.1) is 0 Å². The van der Waals surface area contributed by atoms with Gasteiger partial charge in [0.1, 0.15) is 0 Å². The Bertz CT molecular complexity index is 468. The van der Waals surface area contributed by atoms with E-state index < -0.39 is 24.5 Å². The quantitative estimate of drug-likeness (QED) is 0.837. The molecule has 0 saturated carbocycles. The van der Waals surface area contributed by atoms with Crippen LogP contribution in [0.4, 0.5) is 18.9 Å². The molecule has 0 aliphatic carbocycles. The summed E-state index contributed by atoms with van der Waals surface area (Å²) in [6, 6.07) is 1.45. The highest BCUT2D eigenvalue weighted by atomic mass is 35.5. The first kappa shape index (κ1) is 15.9. The van der Waals surface area contributed by atoms with Gasteiger partial charge in [-0.05, 0) is 19.1 Å². The molecule has 1 atom stereocenters. The number of amides is 1. The first-order valence-corrected chi connectivity index (χ1v) is 5.98. The number of carbonyl (C=O) groups excluding carboxylic acids is 1. The highest BCUT2D eigenvalue weighted by molar-refractivity contribution is 6.43. The molecule has 0 fully saturated rings. The Morgan fingerprint density at radius 1 is 1.42 bits per heavy atom.